The Bertz CT molecular complexity index is 874. The Morgan fingerprint density at radius 1 is 1.04 bits per heavy atom. The number of hydrogen-bond donors (Lipinski definition) is 3. The van der Waals surface area contributed by atoms with E-state index in [9.17, 15) is 12.8 Å². The van der Waals surface area contributed by atoms with Gasteiger partial charge in [-0.15, -0.1) is 24.0 Å². The van der Waals surface area contributed by atoms with Gasteiger partial charge in [0.05, 0.1) is 12.3 Å². The lowest BCUT2D eigenvalue weighted by Gasteiger charge is -2.12. The van der Waals surface area contributed by atoms with Crippen LogP contribution in [0.4, 0.5) is 4.39 Å². The lowest BCUT2D eigenvalue weighted by atomic mass is 10.1. The van der Waals surface area contributed by atoms with Crippen molar-refractivity contribution in [2.24, 2.45) is 4.99 Å². The van der Waals surface area contributed by atoms with Crippen LogP contribution in [0.25, 0.3) is 0 Å². The summed E-state index contributed by atoms with van der Waals surface area (Å²) in [5, 5.41) is 6.23. The Morgan fingerprint density at radius 3 is 2.29 bits per heavy atom. The molecule has 2 aromatic rings. The summed E-state index contributed by atoms with van der Waals surface area (Å²) < 4.78 is 39.2. The highest BCUT2D eigenvalue weighted by Crippen LogP contribution is 2.09. The van der Waals surface area contributed by atoms with E-state index >= 15 is 0 Å². The van der Waals surface area contributed by atoms with Crippen LogP contribution >= 0.6 is 24.0 Å². The predicted octanol–water partition coefficient (Wildman–Crippen LogP) is 2.75. The number of benzene rings is 2. The average molecular weight is 520 g/mol. The maximum absolute atomic E-state index is 13.7. The fourth-order valence-corrected chi connectivity index (χ4v) is 3.14. The van der Waals surface area contributed by atoms with Gasteiger partial charge in [0.25, 0.3) is 0 Å². The molecule has 0 saturated carbocycles. The minimum atomic E-state index is -3.28. The zero-order valence-electron chi connectivity index (χ0n) is 15.9. The molecule has 0 radical (unpaired) electrons. The van der Waals surface area contributed by atoms with Crippen LogP contribution in [-0.4, -0.2) is 28.0 Å². The van der Waals surface area contributed by atoms with Gasteiger partial charge in [0.15, 0.2) is 5.96 Å². The minimum absolute atomic E-state index is 0. The summed E-state index contributed by atoms with van der Waals surface area (Å²) in [5.74, 6) is 0.274. The van der Waals surface area contributed by atoms with E-state index in [1.54, 1.807) is 30.3 Å². The fraction of sp³-hybridized carbons (Fsp3) is 0.316. The topological polar surface area (TPSA) is 82.6 Å². The van der Waals surface area contributed by atoms with Crippen LogP contribution in [0.15, 0.2) is 53.5 Å². The molecule has 0 saturated heterocycles. The molecular weight excluding hydrogens is 494 g/mol. The van der Waals surface area contributed by atoms with Crippen LogP contribution in [0, 0.1) is 5.82 Å². The first-order valence-corrected chi connectivity index (χ1v) is 10.3. The van der Waals surface area contributed by atoms with Gasteiger partial charge < -0.3 is 10.6 Å². The number of aliphatic imine (C=N–C) groups is 1. The summed E-state index contributed by atoms with van der Waals surface area (Å²) >= 11 is 0. The van der Waals surface area contributed by atoms with E-state index in [1.165, 1.54) is 13.1 Å². The van der Waals surface area contributed by atoms with Crippen molar-refractivity contribution in [2.45, 2.75) is 25.8 Å². The molecule has 6 nitrogen and oxygen atoms in total. The van der Waals surface area contributed by atoms with Crippen LogP contribution < -0.4 is 15.4 Å². The lowest BCUT2D eigenvalue weighted by molar-refractivity contribution is 0.587. The molecule has 3 N–H and O–H groups in total. The van der Waals surface area contributed by atoms with E-state index in [2.05, 4.69) is 20.3 Å². The van der Waals surface area contributed by atoms with E-state index in [-0.39, 0.29) is 35.5 Å². The van der Waals surface area contributed by atoms with Gasteiger partial charge in [-0.1, -0.05) is 42.5 Å². The number of nitrogens with zero attached hydrogens (tertiary/aromatic N) is 1. The Balaban J connectivity index is 0.00000392. The zero-order valence-corrected chi connectivity index (χ0v) is 19.1. The molecule has 2 aromatic carbocycles. The molecular formula is C19H26FIN4O2S. The molecule has 0 unspecified atom stereocenters. The summed E-state index contributed by atoms with van der Waals surface area (Å²) in [6, 6.07) is 13.9. The van der Waals surface area contributed by atoms with Crippen molar-refractivity contribution in [1.82, 2.24) is 15.4 Å². The van der Waals surface area contributed by atoms with E-state index in [0.717, 1.165) is 5.56 Å². The smallest absolute Gasteiger partial charge is 0.215 e. The van der Waals surface area contributed by atoms with E-state index in [0.29, 0.717) is 36.7 Å². The van der Waals surface area contributed by atoms with Crippen molar-refractivity contribution in [2.75, 3.05) is 13.6 Å². The fourth-order valence-electron chi connectivity index (χ4n) is 2.37. The molecule has 28 heavy (non-hydrogen) atoms. The summed E-state index contributed by atoms with van der Waals surface area (Å²) in [5.41, 5.74) is 2.23. The Morgan fingerprint density at radius 2 is 1.68 bits per heavy atom. The van der Waals surface area contributed by atoms with Gasteiger partial charge in [-0.2, -0.15) is 0 Å². The van der Waals surface area contributed by atoms with E-state index in [1.807, 2.05) is 19.1 Å². The first-order chi connectivity index (χ1) is 12.9. The molecule has 154 valence electrons. The molecule has 0 aliphatic rings. The van der Waals surface area contributed by atoms with Gasteiger partial charge in [0, 0.05) is 18.7 Å². The van der Waals surface area contributed by atoms with Crippen molar-refractivity contribution < 1.29 is 12.8 Å². The van der Waals surface area contributed by atoms with Crippen LogP contribution in [0.5, 0.6) is 0 Å². The van der Waals surface area contributed by atoms with E-state index < -0.39 is 10.0 Å². The maximum Gasteiger partial charge on any atom is 0.215 e. The van der Waals surface area contributed by atoms with E-state index in [4.69, 9.17) is 0 Å². The van der Waals surface area contributed by atoms with Crippen LogP contribution in [0.3, 0.4) is 0 Å². The average Bonchev–Trinajstić information content (AvgIpc) is 2.66. The van der Waals surface area contributed by atoms with Gasteiger partial charge in [-0.05, 0) is 31.2 Å². The van der Waals surface area contributed by atoms with Gasteiger partial charge in [0.1, 0.15) is 5.82 Å². The third-order valence-electron chi connectivity index (χ3n) is 3.86. The van der Waals surface area contributed by atoms with Gasteiger partial charge in [-0.3, -0.25) is 0 Å². The summed E-state index contributed by atoms with van der Waals surface area (Å²) in [6.07, 6.45) is 0. The predicted molar refractivity (Wildman–Crippen MR) is 122 cm³/mol. The summed E-state index contributed by atoms with van der Waals surface area (Å²) in [4.78, 5) is 4.49. The second kappa shape index (κ2) is 12.0. The van der Waals surface area contributed by atoms with Crippen molar-refractivity contribution in [3.63, 3.8) is 0 Å². The molecule has 2 rings (SSSR count). The van der Waals surface area contributed by atoms with Gasteiger partial charge >= 0.3 is 0 Å². The Hall–Kier alpha value is -1.72. The molecule has 0 heterocycles. The lowest BCUT2D eigenvalue weighted by Crippen LogP contribution is -2.37. The van der Waals surface area contributed by atoms with Crippen molar-refractivity contribution in [3.05, 3.63) is 71.0 Å². The third-order valence-corrected chi connectivity index (χ3v) is 5.19. The van der Waals surface area contributed by atoms with Crippen molar-refractivity contribution in [3.8, 4) is 0 Å². The highest BCUT2D eigenvalue weighted by molar-refractivity contribution is 14.0. The van der Waals surface area contributed by atoms with Crippen LogP contribution in [-0.2, 0) is 28.9 Å². The SMILES string of the molecule is CCNC(=NCc1ccc(CS(=O)(=O)NC)cc1)NCc1ccccc1F.I. The molecule has 0 spiro atoms. The molecule has 0 aliphatic heterocycles. The quantitative estimate of drug-likeness (QED) is 0.284. The first kappa shape index (κ1) is 24.3. The largest absolute Gasteiger partial charge is 0.357 e. The summed E-state index contributed by atoms with van der Waals surface area (Å²) in [7, 11) is -1.89. The third kappa shape index (κ3) is 8.11. The standard InChI is InChI=1S/C19H25FN4O2S.HI/c1-3-22-19(24-13-17-6-4-5-7-18(17)20)23-12-15-8-10-16(11-9-15)14-27(25,26)21-2;/h4-11,21H,3,12-14H2,1-2H3,(H2,22,23,24);1H. The van der Waals surface area contributed by atoms with Crippen LogP contribution in [0.1, 0.15) is 23.6 Å². The number of sulfonamides is 1. The number of rotatable bonds is 8. The molecule has 0 atom stereocenters. The molecule has 0 bridgehead atoms. The number of halogens is 2. The van der Waals surface area contributed by atoms with Crippen LogP contribution in [0.2, 0.25) is 0 Å². The van der Waals surface area contributed by atoms with Gasteiger partial charge in [0.2, 0.25) is 10.0 Å². The molecule has 0 aliphatic carbocycles. The summed E-state index contributed by atoms with van der Waals surface area (Å²) in [6.45, 7) is 3.40. The Labute approximate surface area is 183 Å². The van der Waals surface area contributed by atoms with Gasteiger partial charge in [-0.25, -0.2) is 22.5 Å². The molecule has 0 aromatic heterocycles. The normalized spacial score (nSPS) is 11.6. The second-order valence-corrected chi connectivity index (χ2v) is 7.85. The maximum atomic E-state index is 13.7. The minimum Gasteiger partial charge on any atom is -0.357 e. The monoisotopic (exact) mass is 520 g/mol. The second-order valence-electron chi connectivity index (χ2n) is 5.92. The number of hydrogen-bond acceptors (Lipinski definition) is 3. The number of nitrogens with one attached hydrogen (secondary N) is 3. The zero-order chi connectivity index (χ0) is 19.7. The Kier molecular flexibility index (Phi) is 10.4. The first-order valence-electron chi connectivity index (χ1n) is 8.68. The highest BCUT2D eigenvalue weighted by Gasteiger charge is 2.08. The molecule has 0 fully saturated rings. The number of guanidine groups is 1. The molecule has 0 amide bonds. The molecule has 9 heteroatoms. The van der Waals surface area contributed by atoms with Crippen molar-refractivity contribution in [1.29, 1.82) is 0 Å². The van der Waals surface area contributed by atoms with Crippen molar-refractivity contribution >= 4 is 40.0 Å². The highest BCUT2D eigenvalue weighted by atomic mass is 127.